The molecule has 0 saturated carbocycles. The minimum absolute atomic E-state index is 0.147. The van der Waals surface area contributed by atoms with Gasteiger partial charge in [-0.05, 0) is 61.3 Å². The maximum Gasteiger partial charge on any atom is 0.292 e. The van der Waals surface area contributed by atoms with E-state index in [4.69, 9.17) is 0 Å². The monoisotopic (exact) mass is 445 g/mol. The van der Waals surface area contributed by atoms with E-state index in [9.17, 15) is 14.0 Å². The fourth-order valence-electron chi connectivity index (χ4n) is 4.43. The number of rotatable bonds is 4. The number of hydrogen-bond donors (Lipinski definition) is 2. The molecule has 0 unspecified atom stereocenters. The molecule has 4 aromatic rings. The predicted octanol–water partition coefficient (Wildman–Crippen LogP) is 3.02. The number of carbonyl (C=O) groups is 1. The van der Waals surface area contributed by atoms with Crippen molar-refractivity contribution in [3.05, 3.63) is 93.4 Å². The van der Waals surface area contributed by atoms with E-state index in [0.717, 1.165) is 16.7 Å². The van der Waals surface area contributed by atoms with E-state index in [2.05, 4.69) is 20.2 Å². The van der Waals surface area contributed by atoms with Gasteiger partial charge < -0.3 is 15.2 Å². The highest BCUT2D eigenvalue weighted by Gasteiger charge is 2.44. The molecule has 2 aromatic heterocycles. The van der Waals surface area contributed by atoms with Crippen LogP contribution in [0, 0.1) is 19.7 Å². The lowest BCUT2D eigenvalue weighted by Crippen LogP contribution is -2.66. The summed E-state index contributed by atoms with van der Waals surface area (Å²) in [6.07, 6.45) is 3.32. The minimum atomic E-state index is -0.633. The number of carbonyl (C=O) groups excluding carboxylic acids is 1. The highest BCUT2D eigenvalue weighted by Crippen LogP contribution is 2.31. The summed E-state index contributed by atoms with van der Waals surface area (Å²) in [5.74, 6) is -0.713. The van der Waals surface area contributed by atoms with Gasteiger partial charge in [-0.15, -0.1) is 0 Å². The zero-order chi connectivity index (χ0) is 23.3. The summed E-state index contributed by atoms with van der Waals surface area (Å²) in [5, 5.41) is 3.06. The van der Waals surface area contributed by atoms with Gasteiger partial charge in [0, 0.05) is 25.5 Å². The molecule has 0 aliphatic carbocycles. The van der Waals surface area contributed by atoms with Crippen molar-refractivity contribution in [3.8, 4) is 11.3 Å². The maximum atomic E-state index is 13.4. The number of aromatic amines is 1. The van der Waals surface area contributed by atoms with Crippen LogP contribution in [0.5, 0.6) is 0 Å². The molecule has 0 atom stereocenters. The Hall–Kier alpha value is -3.78. The molecule has 1 aliphatic rings. The molecular weight excluding hydrogens is 421 g/mol. The fourth-order valence-corrected chi connectivity index (χ4v) is 4.43. The van der Waals surface area contributed by atoms with Gasteiger partial charge in [0.2, 0.25) is 5.65 Å². The van der Waals surface area contributed by atoms with Crippen LogP contribution in [0.2, 0.25) is 0 Å². The number of aryl methyl sites for hydroxylation is 2. The van der Waals surface area contributed by atoms with Crippen molar-refractivity contribution in [2.24, 2.45) is 0 Å². The van der Waals surface area contributed by atoms with E-state index in [0.29, 0.717) is 18.8 Å². The van der Waals surface area contributed by atoms with Crippen molar-refractivity contribution in [1.29, 1.82) is 0 Å². The largest absolute Gasteiger partial charge is 0.339 e. The standard InChI is InChI=1S/C25H24FN5O2/c1-15-4-5-17(10-16(15)2)20-11-31-12-21(27-22(31)24(33)28-20)23(32)29-25(13-30(3)14-25)18-6-8-19(26)9-7-18/h4-12H,13-14H2,1-3H3,(H,28,33)(H,29,32). The third kappa shape index (κ3) is 3.72. The van der Waals surface area contributed by atoms with Gasteiger partial charge in [0.1, 0.15) is 11.5 Å². The molecule has 1 fully saturated rings. The lowest BCUT2D eigenvalue weighted by Gasteiger charge is -2.49. The molecular formula is C25H24FN5O2. The molecule has 1 saturated heterocycles. The summed E-state index contributed by atoms with van der Waals surface area (Å²) >= 11 is 0. The Kier molecular flexibility index (Phi) is 4.90. The first kappa shape index (κ1) is 21.1. The number of benzene rings is 2. The number of fused-ring (bicyclic) bond motifs is 1. The molecule has 2 N–H and O–H groups in total. The molecule has 33 heavy (non-hydrogen) atoms. The molecule has 2 aromatic carbocycles. The minimum Gasteiger partial charge on any atom is -0.339 e. The van der Waals surface area contributed by atoms with E-state index in [1.165, 1.54) is 17.7 Å². The van der Waals surface area contributed by atoms with Crippen LogP contribution in [0.25, 0.3) is 16.9 Å². The van der Waals surface area contributed by atoms with Gasteiger partial charge in [-0.2, -0.15) is 0 Å². The fraction of sp³-hybridized carbons (Fsp3) is 0.240. The van der Waals surface area contributed by atoms with Crippen LogP contribution in [-0.2, 0) is 5.54 Å². The van der Waals surface area contributed by atoms with Crippen molar-refractivity contribution in [2.45, 2.75) is 19.4 Å². The lowest BCUT2D eigenvalue weighted by atomic mass is 9.82. The third-order valence-corrected chi connectivity index (χ3v) is 6.33. The van der Waals surface area contributed by atoms with E-state index in [1.807, 2.05) is 39.1 Å². The van der Waals surface area contributed by atoms with Crippen LogP contribution in [0.1, 0.15) is 27.2 Å². The number of amides is 1. The van der Waals surface area contributed by atoms with Crippen molar-refractivity contribution in [3.63, 3.8) is 0 Å². The Morgan fingerprint density at radius 3 is 2.48 bits per heavy atom. The second kappa shape index (κ2) is 7.67. The van der Waals surface area contributed by atoms with Crippen LogP contribution < -0.4 is 10.9 Å². The number of nitrogens with zero attached hydrogens (tertiary/aromatic N) is 3. The Bertz CT molecular complexity index is 1430. The molecule has 8 heteroatoms. The molecule has 7 nitrogen and oxygen atoms in total. The average molecular weight is 445 g/mol. The van der Waals surface area contributed by atoms with Gasteiger partial charge in [0.15, 0.2) is 0 Å². The number of halogens is 1. The SMILES string of the molecule is Cc1ccc(-c2cn3cc(C(=O)NC4(c5ccc(F)cc5)CN(C)C4)nc3c(=O)[nH]2)cc1C. The van der Waals surface area contributed by atoms with Crippen LogP contribution in [0.3, 0.4) is 0 Å². The Balaban J connectivity index is 1.47. The number of likely N-dealkylation sites (tertiary alicyclic amines) is 1. The number of aromatic nitrogens is 3. The van der Waals surface area contributed by atoms with Gasteiger partial charge in [-0.25, -0.2) is 9.37 Å². The second-order valence-corrected chi connectivity index (χ2v) is 8.87. The van der Waals surface area contributed by atoms with Crippen molar-refractivity contribution < 1.29 is 9.18 Å². The van der Waals surface area contributed by atoms with E-state index < -0.39 is 5.54 Å². The maximum absolute atomic E-state index is 13.4. The molecule has 3 heterocycles. The normalized spacial score (nSPS) is 15.4. The summed E-state index contributed by atoms with van der Waals surface area (Å²) in [6.45, 7) is 5.23. The second-order valence-electron chi connectivity index (χ2n) is 8.87. The molecule has 0 radical (unpaired) electrons. The number of nitrogens with one attached hydrogen (secondary N) is 2. The molecule has 1 aliphatic heterocycles. The number of hydrogen-bond acceptors (Lipinski definition) is 4. The highest BCUT2D eigenvalue weighted by molar-refractivity contribution is 5.93. The first-order valence-electron chi connectivity index (χ1n) is 10.7. The Morgan fingerprint density at radius 2 is 1.82 bits per heavy atom. The predicted molar refractivity (Wildman–Crippen MR) is 124 cm³/mol. The van der Waals surface area contributed by atoms with Crippen LogP contribution >= 0.6 is 0 Å². The molecule has 0 bridgehead atoms. The zero-order valence-electron chi connectivity index (χ0n) is 18.6. The number of imidazole rings is 1. The van der Waals surface area contributed by atoms with E-state index in [1.54, 1.807) is 28.9 Å². The van der Waals surface area contributed by atoms with Gasteiger partial charge in [-0.3, -0.25) is 14.0 Å². The summed E-state index contributed by atoms with van der Waals surface area (Å²) < 4.78 is 15.0. The Labute approximate surface area is 189 Å². The highest BCUT2D eigenvalue weighted by atomic mass is 19.1. The van der Waals surface area contributed by atoms with Gasteiger partial charge >= 0.3 is 0 Å². The van der Waals surface area contributed by atoms with Crippen molar-refractivity contribution in [2.75, 3.05) is 20.1 Å². The summed E-state index contributed by atoms with van der Waals surface area (Å²) in [6, 6.07) is 12.1. The molecule has 0 spiro atoms. The van der Waals surface area contributed by atoms with Gasteiger partial charge in [-0.1, -0.05) is 24.3 Å². The average Bonchev–Trinajstić information content (AvgIpc) is 3.20. The number of H-pyrrole nitrogens is 1. The van der Waals surface area contributed by atoms with E-state index >= 15 is 0 Å². The van der Waals surface area contributed by atoms with Crippen molar-refractivity contribution >= 4 is 11.6 Å². The topological polar surface area (TPSA) is 82.5 Å². The smallest absolute Gasteiger partial charge is 0.292 e. The number of likely N-dealkylation sites (N-methyl/N-ethyl adjacent to an activating group) is 1. The molecule has 168 valence electrons. The van der Waals surface area contributed by atoms with Gasteiger partial charge in [0.25, 0.3) is 11.5 Å². The van der Waals surface area contributed by atoms with E-state index in [-0.39, 0.29) is 28.6 Å². The molecule has 1 amide bonds. The summed E-state index contributed by atoms with van der Waals surface area (Å²) in [7, 11) is 1.95. The Morgan fingerprint density at radius 1 is 1.09 bits per heavy atom. The lowest BCUT2D eigenvalue weighted by molar-refractivity contribution is 0.0508. The quantitative estimate of drug-likeness (QED) is 0.506. The van der Waals surface area contributed by atoms with Crippen LogP contribution in [0.15, 0.2) is 59.7 Å². The first-order valence-corrected chi connectivity index (χ1v) is 10.7. The third-order valence-electron chi connectivity index (χ3n) is 6.33. The summed E-state index contributed by atoms with van der Waals surface area (Å²) in [4.78, 5) is 35.0. The summed E-state index contributed by atoms with van der Waals surface area (Å²) in [5.41, 5.74) is 3.93. The van der Waals surface area contributed by atoms with Crippen molar-refractivity contribution in [1.82, 2.24) is 24.6 Å². The van der Waals surface area contributed by atoms with Crippen LogP contribution in [-0.4, -0.2) is 45.3 Å². The van der Waals surface area contributed by atoms with Gasteiger partial charge in [0.05, 0.1) is 11.2 Å². The first-order chi connectivity index (χ1) is 15.7. The van der Waals surface area contributed by atoms with Crippen LogP contribution in [0.4, 0.5) is 4.39 Å². The zero-order valence-corrected chi connectivity index (χ0v) is 18.6. The molecule has 5 rings (SSSR count).